The molecule has 0 saturated heterocycles. The molecule has 12 rings (SSSR count). The van der Waals surface area contributed by atoms with Crippen molar-refractivity contribution in [3.05, 3.63) is 463 Å². The van der Waals surface area contributed by atoms with Gasteiger partial charge in [0.2, 0.25) is 17.5 Å². The molecule has 12 aromatic rings. The van der Waals surface area contributed by atoms with Crippen LogP contribution < -0.4 is 0 Å². The van der Waals surface area contributed by atoms with Crippen LogP contribution in [0.3, 0.4) is 0 Å². The molecular formula is C88H80Cl3F15N6O6Ru3S3. The minimum atomic E-state index is -5.38. The maximum atomic E-state index is 14.1. The summed E-state index contributed by atoms with van der Waals surface area (Å²) in [4.78, 5) is -6.17. The van der Waals surface area contributed by atoms with Crippen molar-refractivity contribution in [2.24, 2.45) is 0 Å². The summed E-state index contributed by atoms with van der Waals surface area (Å²) in [5.41, 5.74) is 33.7. The fourth-order valence-electron chi connectivity index (χ4n) is 11.0. The van der Waals surface area contributed by atoms with Crippen molar-refractivity contribution in [3.8, 4) is 0 Å². The van der Waals surface area contributed by atoms with Gasteiger partial charge in [0.15, 0.2) is 69.8 Å². The van der Waals surface area contributed by atoms with Crippen LogP contribution in [0, 0.1) is 137 Å². The Balaban J connectivity index is 0.000000783. The molecule has 3 N–H and O–H groups in total. The Labute approximate surface area is 757 Å². The SMILES string of the molecule is Cc1cc(C)cc(C)c1.Cc1ccc(C(C)C)cc1.[CH3-].[CH3-].[CH3-].[Cl][Ru+3].[Cl][Ru+3].[Cl][Ru+3].[NH-]C(c1ccccc1)C([N-]S(=O)(=O)c1c(F)c(F)c(F)c(F)c1F)c1ccccc1.[NH-]C(c1ccccc1)C([N-]S(=O)(=O)c1c(F)c(F)c(F)c(F)c1F)c1ccccc1.[NH-]C(c1ccccc1)C([N-]S(=O)(=O)c1c(F)c(F)c(F)c(F)c1F)c1ccccc1.c1ccccc1. The fraction of sp³-hybridized carbons (Fsp3) is 0.148. The van der Waals surface area contributed by atoms with Gasteiger partial charge in [-0.2, -0.15) is 0 Å². The summed E-state index contributed by atoms with van der Waals surface area (Å²) in [6.07, 6.45) is 0. The van der Waals surface area contributed by atoms with Gasteiger partial charge in [-0.05, 0) is 39.2 Å². The zero-order valence-electron chi connectivity index (χ0n) is 66.7. The number of aryl methyl sites for hydroxylation is 4. The number of nitrogens with one attached hydrogen (secondary N) is 3. The van der Waals surface area contributed by atoms with Crippen molar-refractivity contribution in [2.45, 2.75) is 98.4 Å². The molecule has 6 atom stereocenters. The van der Waals surface area contributed by atoms with Crippen LogP contribution in [0.15, 0.2) is 276 Å². The number of nitrogens with zero attached hydrogens (tertiary/aromatic N) is 3. The van der Waals surface area contributed by atoms with Crippen LogP contribution in [0.4, 0.5) is 65.9 Å². The summed E-state index contributed by atoms with van der Waals surface area (Å²) >= 11 is 5.47. The second-order valence-corrected chi connectivity index (χ2v) is 30.3. The molecule has 124 heavy (non-hydrogen) atoms. The van der Waals surface area contributed by atoms with Crippen LogP contribution in [0.1, 0.15) is 117 Å². The first-order valence-electron chi connectivity index (χ1n) is 34.7. The van der Waals surface area contributed by atoms with E-state index in [-0.39, 0.29) is 39.0 Å². The van der Waals surface area contributed by atoms with Crippen molar-refractivity contribution in [1.29, 1.82) is 0 Å². The van der Waals surface area contributed by atoms with Gasteiger partial charge < -0.3 is 53.6 Å². The average Bonchev–Trinajstić information content (AvgIpc) is 0.770. The first-order valence-corrected chi connectivity index (χ1v) is 45.8. The Bertz CT molecular complexity index is 5000. The van der Waals surface area contributed by atoms with E-state index in [2.05, 4.69) is 127 Å². The molecule has 12 nitrogen and oxygen atoms in total. The Kier molecular flexibility index (Phi) is 51.0. The van der Waals surface area contributed by atoms with Crippen molar-refractivity contribution in [1.82, 2.24) is 0 Å². The quantitative estimate of drug-likeness (QED) is 0.0252. The Morgan fingerprint density at radius 3 is 0.565 bits per heavy atom. The van der Waals surface area contributed by atoms with Gasteiger partial charge in [0.1, 0.15) is 44.8 Å². The van der Waals surface area contributed by atoms with Crippen molar-refractivity contribution < 1.29 is 143 Å². The molecule has 0 radical (unpaired) electrons. The maximum Gasteiger partial charge on any atom is 0.200 e. The van der Waals surface area contributed by atoms with Crippen LogP contribution in [0.2, 0.25) is 0 Å². The van der Waals surface area contributed by atoms with E-state index in [9.17, 15) is 91.1 Å². The molecule has 666 valence electrons. The van der Waals surface area contributed by atoms with Crippen LogP contribution in [0.5, 0.6) is 0 Å². The summed E-state index contributed by atoms with van der Waals surface area (Å²) in [5, 5.41) is 0. The second-order valence-electron chi connectivity index (χ2n) is 25.6. The average molecular weight is 2110 g/mol. The largest absolute Gasteiger partial charge is 0.672 e. The second kappa shape index (κ2) is 55.5. The number of hydrogen-bond acceptors (Lipinski definition) is 6. The Hall–Kier alpha value is -8.06. The molecule has 36 heteroatoms. The minimum Gasteiger partial charge on any atom is -0.672 e. The molecule has 0 amide bonds. The molecule has 6 unspecified atom stereocenters. The Morgan fingerprint density at radius 1 is 0.242 bits per heavy atom. The van der Waals surface area contributed by atoms with Gasteiger partial charge in [-0.3, -0.25) is 0 Å². The third kappa shape index (κ3) is 32.1. The number of sulfonamides is 3. The van der Waals surface area contributed by atoms with Gasteiger partial charge in [0, 0.05) is 0 Å². The molecule has 0 aromatic heterocycles. The zero-order valence-corrected chi connectivity index (χ0v) is 76.7. The molecule has 0 aliphatic rings. The van der Waals surface area contributed by atoms with Crippen molar-refractivity contribution in [3.63, 3.8) is 0 Å². The summed E-state index contributed by atoms with van der Waals surface area (Å²) in [6, 6.07) is 65.0. The molecule has 12 aromatic carbocycles. The number of halogens is 18. The van der Waals surface area contributed by atoms with E-state index in [1.807, 2.05) is 88.3 Å². The predicted octanol–water partition coefficient (Wildman–Crippen LogP) is 28.8. The first-order chi connectivity index (χ1) is 57.3. The maximum absolute atomic E-state index is 14.1. The van der Waals surface area contributed by atoms with Crippen LogP contribution in [0.25, 0.3) is 31.4 Å². The standard InChI is InChI=1S/3C20H13F5N2O2S.C10H14.C9H12.C6H6.3CH3.3ClH.3Ru/c3*21-13-14(22)16(24)20(17(25)15(13)23)30(28,29)27-19(12-9-5-2-6-10-12)18(26)11-7-3-1-4-8-11;1-8(2)10-6-4-9(3)5-7-10;1-7-4-8(2)6-9(3)5-7;1-2-4-6-5-3-1;;;;;;;;;/h3*1-10,18-19,26H;4-8H,1-3H3;4-6H,1-3H3;1-6H;3*1H3;3*1H;;;/q3*-2;;;;3*-1;;;;3*+4/p-3. The molecule has 0 fully saturated rings. The van der Waals surface area contributed by atoms with Gasteiger partial charge in [-0.1, -0.05) is 330 Å². The van der Waals surface area contributed by atoms with Crippen LogP contribution in [-0.2, 0) is 82.0 Å². The normalized spacial score (nSPS) is 12.1. The first kappa shape index (κ1) is 114. The smallest absolute Gasteiger partial charge is 0.200 e. The van der Waals surface area contributed by atoms with E-state index in [0.717, 1.165) is 0 Å². The summed E-state index contributed by atoms with van der Waals surface area (Å²) in [6.45, 7) is 12.9. The molecule has 0 heterocycles. The van der Waals surface area contributed by atoms with Gasteiger partial charge in [0.25, 0.3) is 0 Å². The van der Waals surface area contributed by atoms with Gasteiger partial charge >= 0.3 is 81.0 Å². The number of benzene rings is 12. The molecule has 0 bridgehead atoms. The third-order valence-corrected chi connectivity index (χ3v) is 20.8. The Morgan fingerprint density at radius 2 is 0.395 bits per heavy atom. The molecular weight excluding hydrogens is 2030 g/mol. The van der Waals surface area contributed by atoms with Crippen LogP contribution >= 0.6 is 29.1 Å². The van der Waals surface area contributed by atoms with E-state index in [0.29, 0.717) is 22.6 Å². The van der Waals surface area contributed by atoms with E-state index in [1.54, 1.807) is 72.8 Å². The van der Waals surface area contributed by atoms with E-state index < -0.39 is 168 Å². The topological polar surface area (TPSA) is 216 Å². The fourth-order valence-corrected chi connectivity index (χ4v) is 14.8. The summed E-state index contributed by atoms with van der Waals surface area (Å²) in [5.74, 6) is -36.2. The van der Waals surface area contributed by atoms with E-state index >= 15 is 0 Å². The van der Waals surface area contributed by atoms with Crippen molar-refractivity contribution in [2.75, 3.05) is 0 Å². The zero-order chi connectivity index (χ0) is 90.8. The van der Waals surface area contributed by atoms with Gasteiger partial charge in [-0.15, -0.1) is 36.3 Å². The molecule has 0 aliphatic carbocycles. The van der Waals surface area contributed by atoms with E-state index in [1.165, 1.54) is 137 Å². The monoisotopic (exact) mass is 2110 g/mol. The predicted molar refractivity (Wildman–Crippen MR) is 448 cm³/mol. The van der Waals surface area contributed by atoms with Gasteiger partial charge in [0.05, 0.1) is 0 Å². The summed E-state index contributed by atoms with van der Waals surface area (Å²) in [7, 11) is -2.42. The number of hydrogen-bond donors (Lipinski definition) is 0. The molecule has 0 saturated carbocycles. The van der Waals surface area contributed by atoms with E-state index in [4.69, 9.17) is 17.2 Å². The number of rotatable bonds is 19. The molecule has 0 aliphatic heterocycles. The minimum absolute atomic E-state index is 0. The summed E-state index contributed by atoms with van der Waals surface area (Å²) < 4.78 is 291. The van der Waals surface area contributed by atoms with Gasteiger partial charge in [-0.25, -0.2) is 91.1 Å². The third-order valence-electron chi connectivity index (χ3n) is 16.7. The van der Waals surface area contributed by atoms with Crippen LogP contribution in [-0.4, -0.2) is 25.3 Å². The molecule has 0 spiro atoms. The van der Waals surface area contributed by atoms with Crippen molar-refractivity contribution >= 4 is 59.1 Å².